The molecule has 104 valence electrons. The van der Waals surface area contributed by atoms with Gasteiger partial charge in [-0.15, -0.1) is 0 Å². The maximum absolute atomic E-state index is 5.76. The van der Waals surface area contributed by atoms with Crippen LogP contribution in [0.5, 0.6) is 0 Å². The number of hydrogen-bond donors (Lipinski definition) is 1. The number of nitrogens with two attached hydrogens (primary N) is 1. The van der Waals surface area contributed by atoms with Crippen molar-refractivity contribution in [3.05, 3.63) is 0 Å². The molecule has 0 saturated carbocycles. The number of hydrogen-bond acceptors (Lipinski definition) is 3. The van der Waals surface area contributed by atoms with Crippen molar-refractivity contribution in [1.82, 2.24) is 4.90 Å². The summed E-state index contributed by atoms with van der Waals surface area (Å²) in [5, 5.41) is 0. The lowest BCUT2D eigenvalue weighted by Crippen LogP contribution is -2.31. The van der Waals surface area contributed by atoms with E-state index in [4.69, 9.17) is 10.5 Å². The fourth-order valence-electron chi connectivity index (χ4n) is 2.04. The van der Waals surface area contributed by atoms with E-state index in [9.17, 15) is 0 Å². The summed E-state index contributed by atoms with van der Waals surface area (Å²) >= 11 is 0. The molecule has 0 saturated heterocycles. The Morgan fingerprint density at radius 2 is 1.88 bits per heavy atom. The molecule has 0 spiro atoms. The fraction of sp³-hybridized carbons (Fsp3) is 1.00. The average molecular weight is 244 g/mol. The van der Waals surface area contributed by atoms with Gasteiger partial charge in [-0.25, -0.2) is 0 Å². The fourth-order valence-corrected chi connectivity index (χ4v) is 2.04. The van der Waals surface area contributed by atoms with Crippen molar-refractivity contribution in [3.8, 4) is 0 Å². The number of ether oxygens (including phenoxy) is 1. The maximum atomic E-state index is 5.76. The molecule has 0 aromatic carbocycles. The van der Waals surface area contributed by atoms with Gasteiger partial charge in [-0.2, -0.15) is 0 Å². The molecule has 0 heterocycles. The van der Waals surface area contributed by atoms with Gasteiger partial charge in [0.25, 0.3) is 0 Å². The monoisotopic (exact) mass is 244 g/mol. The summed E-state index contributed by atoms with van der Waals surface area (Å²) in [6, 6.07) is 0.349. The molecule has 0 rings (SSSR count). The molecule has 3 nitrogen and oxygen atoms in total. The molecule has 2 unspecified atom stereocenters. The van der Waals surface area contributed by atoms with Crippen molar-refractivity contribution < 1.29 is 4.74 Å². The van der Waals surface area contributed by atoms with E-state index in [0.29, 0.717) is 6.04 Å². The van der Waals surface area contributed by atoms with Gasteiger partial charge in [0.05, 0.1) is 6.61 Å². The molecule has 0 aromatic rings. The van der Waals surface area contributed by atoms with Crippen LogP contribution in [0.1, 0.15) is 47.0 Å². The summed E-state index contributed by atoms with van der Waals surface area (Å²) in [4.78, 5) is 2.48. The first-order valence-electron chi connectivity index (χ1n) is 7.15. The summed E-state index contributed by atoms with van der Waals surface area (Å²) in [5.41, 5.74) is 5.76. The van der Waals surface area contributed by atoms with Crippen molar-refractivity contribution in [1.29, 1.82) is 0 Å². The Morgan fingerprint density at radius 3 is 2.41 bits per heavy atom. The lowest BCUT2D eigenvalue weighted by Gasteiger charge is -2.24. The van der Waals surface area contributed by atoms with Crippen molar-refractivity contribution >= 4 is 0 Å². The largest absolute Gasteiger partial charge is 0.380 e. The Morgan fingerprint density at radius 1 is 1.18 bits per heavy atom. The highest BCUT2D eigenvalue weighted by atomic mass is 16.5. The van der Waals surface area contributed by atoms with Gasteiger partial charge in [0.1, 0.15) is 0 Å². The van der Waals surface area contributed by atoms with Crippen molar-refractivity contribution in [3.63, 3.8) is 0 Å². The van der Waals surface area contributed by atoms with Crippen LogP contribution in [-0.2, 0) is 4.74 Å². The SMILES string of the molecule is CCOCCN(CC)CC(C)CCCC(C)N. The Bertz CT molecular complexity index is 162. The number of nitrogens with zero attached hydrogens (tertiary/aromatic N) is 1. The second-order valence-corrected chi connectivity index (χ2v) is 5.10. The standard InChI is InChI=1S/C14H32N2O/c1-5-16(10-11-17-6-2)12-13(3)8-7-9-14(4)15/h13-14H,5-12,15H2,1-4H3. The summed E-state index contributed by atoms with van der Waals surface area (Å²) in [5.74, 6) is 0.760. The van der Waals surface area contributed by atoms with Crippen LogP contribution in [0.2, 0.25) is 0 Å². The first kappa shape index (κ1) is 16.9. The first-order valence-corrected chi connectivity index (χ1v) is 7.15. The maximum Gasteiger partial charge on any atom is 0.0593 e. The molecule has 0 aliphatic heterocycles. The van der Waals surface area contributed by atoms with Crippen LogP contribution in [0.3, 0.4) is 0 Å². The predicted octanol–water partition coefficient (Wildman–Crippen LogP) is 2.50. The molecule has 0 aromatic heterocycles. The lowest BCUT2D eigenvalue weighted by atomic mass is 10.0. The van der Waals surface area contributed by atoms with Gasteiger partial charge < -0.3 is 15.4 Å². The molecule has 0 aliphatic carbocycles. The van der Waals surface area contributed by atoms with E-state index in [1.807, 2.05) is 6.92 Å². The van der Waals surface area contributed by atoms with Gasteiger partial charge >= 0.3 is 0 Å². The van der Waals surface area contributed by atoms with E-state index in [1.165, 1.54) is 19.4 Å². The van der Waals surface area contributed by atoms with Crippen LogP contribution in [-0.4, -0.2) is 43.8 Å². The normalized spacial score (nSPS) is 15.2. The summed E-state index contributed by atoms with van der Waals surface area (Å²) in [7, 11) is 0. The van der Waals surface area contributed by atoms with Gasteiger partial charge in [0.2, 0.25) is 0 Å². The summed E-state index contributed by atoms with van der Waals surface area (Å²) in [6.45, 7) is 13.7. The van der Waals surface area contributed by atoms with E-state index < -0.39 is 0 Å². The van der Waals surface area contributed by atoms with Gasteiger partial charge in [0.15, 0.2) is 0 Å². The Hall–Kier alpha value is -0.120. The molecular weight excluding hydrogens is 212 g/mol. The van der Waals surface area contributed by atoms with Crippen molar-refractivity contribution in [2.45, 2.75) is 53.0 Å². The molecule has 0 bridgehead atoms. The zero-order chi connectivity index (χ0) is 13.1. The first-order chi connectivity index (χ1) is 8.10. The highest BCUT2D eigenvalue weighted by Gasteiger charge is 2.08. The summed E-state index contributed by atoms with van der Waals surface area (Å²) in [6.07, 6.45) is 3.68. The third-order valence-corrected chi connectivity index (χ3v) is 3.13. The zero-order valence-corrected chi connectivity index (χ0v) is 12.2. The third kappa shape index (κ3) is 10.7. The number of rotatable bonds is 11. The molecular formula is C14H32N2O. The van der Waals surface area contributed by atoms with E-state index in [0.717, 1.165) is 38.6 Å². The van der Waals surface area contributed by atoms with E-state index in [1.54, 1.807) is 0 Å². The molecule has 17 heavy (non-hydrogen) atoms. The van der Waals surface area contributed by atoms with Crippen molar-refractivity contribution in [2.75, 3.05) is 32.8 Å². The smallest absolute Gasteiger partial charge is 0.0593 e. The van der Waals surface area contributed by atoms with E-state index >= 15 is 0 Å². The Balaban J connectivity index is 3.62. The number of likely N-dealkylation sites (N-methyl/N-ethyl adjacent to an activating group) is 1. The lowest BCUT2D eigenvalue weighted by molar-refractivity contribution is 0.109. The predicted molar refractivity (Wildman–Crippen MR) is 75.3 cm³/mol. The van der Waals surface area contributed by atoms with Crippen LogP contribution in [0.15, 0.2) is 0 Å². The highest BCUT2D eigenvalue weighted by molar-refractivity contribution is 4.63. The van der Waals surface area contributed by atoms with Crippen LogP contribution in [0, 0.1) is 5.92 Å². The molecule has 0 aliphatic rings. The topological polar surface area (TPSA) is 38.5 Å². The minimum Gasteiger partial charge on any atom is -0.380 e. The Kier molecular flexibility index (Phi) is 10.9. The zero-order valence-electron chi connectivity index (χ0n) is 12.2. The highest BCUT2D eigenvalue weighted by Crippen LogP contribution is 2.10. The average Bonchev–Trinajstić information content (AvgIpc) is 2.27. The van der Waals surface area contributed by atoms with Crippen LogP contribution in [0.25, 0.3) is 0 Å². The third-order valence-electron chi connectivity index (χ3n) is 3.13. The molecule has 2 N–H and O–H groups in total. The Labute approximate surface area is 108 Å². The van der Waals surface area contributed by atoms with Crippen LogP contribution < -0.4 is 5.73 Å². The summed E-state index contributed by atoms with van der Waals surface area (Å²) < 4.78 is 5.40. The van der Waals surface area contributed by atoms with E-state index in [-0.39, 0.29) is 0 Å². The van der Waals surface area contributed by atoms with Gasteiger partial charge in [-0.1, -0.05) is 20.3 Å². The molecule has 0 amide bonds. The minimum absolute atomic E-state index is 0.349. The van der Waals surface area contributed by atoms with Gasteiger partial charge in [-0.05, 0) is 39.2 Å². The van der Waals surface area contributed by atoms with Crippen LogP contribution in [0.4, 0.5) is 0 Å². The molecule has 0 fully saturated rings. The van der Waals surface area contributed by atoms with Crippen molar-refractivity contribution in [2.24, 2.45) is 11.7 Å². The second kappa shape index (κ2) is 11.0. The minimum atomic E-state index is 0.349. The quantitative estimate of drug-likeness (QED) is 0.568. The second-order valence-electron chi connectivity index (χ2n) is 5.10. The molecule has 0 radical (unpaired) electrons. The molecule has 2 atom stereocenters. The molecule has 3 heteroatoms. The van der Waals surface area contributed by atoms with Gasteiger partial charge in [0, 0.05) is 25.7 Å². The van der Waals surface area contributed by atoms with Gasteiger partial charge in [-0.3, -0.25) is 0 Å². The van der Waals surface area contributed by atoms with E-state index in [2.05, 4.69) is 25.7 Å². The van der Waals surface area contributed by atoms with Crippen LogP contribution >= 0.6 is 0 Å².